The second-order valence-electron chi connectivity index (χ2n) is 10.0. The molecule has 0 heterocycles. The maximum Gasteiger partial charge on any atom is 0.337 e. The summed E-state index contributed by atoms with van der Waals surface area (Å²) in [5, 5.41) is 13.8. The van der Waals surface area contributed by atoms with E-state index in [9.17, 15) is 14.7 Å². The van der Waals surface area contributed by atoms with E-state index in [0.29, 0.717) is 18.0 Å². The highest BCUT2D eigenvalue weighted by molar-refractivity contribution is 5.90. The zero-order chi connectivity index (χ0) is 21.3. The third-order valence-electron chi connectivity index (χ3n) is 7.50. The van der Waals surface area contributed by atoms with Crippen LogP contribution in [-0.2, 0) is 4.79 Å². The van der Waals surface area contributed by atoms with Crippen molar-refractivity contribution in [3.05, 3.63) is 30.3 Å². The van der Waals surface area contributed by atoms with Gasteiger partial charge in [0.25, 0.3) is 0 Å². The molecule has 0 aromatic heterocycles. The van der Waals surface area contributed by atoms with Gasteiger partial charge in [0.2, 0.25) is 5.91 Å². The topological polar surface area (TPSA) is 90.5 Å². The number of aliphatic hydroxyl groups is 1. The molecule has 0 unspecified atom stereocenters. The normalized spacial score (nSPS) is 33.3. The summed E-state index contributed by atoms with van der Waals surface area (Å²) in [5.41, 5.74) is 4.81. The lowest BCUT2D eigenvalue weighted by Gasteiger charge is -2.61. The fourth-order valence-electron chi connectivity index (χ4n) is 6.12. The van der Waals surface area contributed by atoms with Crippen LogP contribution < -0.4 is 16.2 Å². The Balaban J connectivity index is 1.63. The number of hydrogen-bond acceptors (Lipinski definition) is 3. The molecule has 4 N–H and O–H groups in total. The molecule has 160 valence electrons. The number of anilines is 1. The summed E-state index contributed by atoms with van der Waals surface area (Å²) in [6.07, 6.45) is 5.23. The number of hydrazine groups is 1. The van der Waals surface area contributed by atoms with Crippen molar-refractivity contribution in [3.8, 4) is 0 Å². The lowest BCUT2D eigenvalue weighted by molar-refractivity contribution is -0.173. The van der Waals surface area contributed by atoms with Crippen molar-refractivity contribution >= 4 is 17.6 Å². The molecule has 3 amide bonds. The highest BCUT2D eigenvalue weighted by Crippen LogP contribution is 2.62. The van der Waals surface area contributed by atoms with Crippen LogP contribution in [0.1, 0.15) is 66.2 Å². The fourth-order valence-corrected chi connectivity index (χ4v) is 6.12. The minimum Gasteiger partial charge on any atom is -0.390 e. The number of benzene rings is 1. The summed E-state index contributed by atoms with van der Waals surface area (Å²) in [6.45, 7) is 8.76. The van der Waals surface area contributed by atoms with Gasteiger partial charge in [0, 0.05) is 18.0 Å². The summed E-state index contributed by atoms with van der Waals surface area (Å²) in [5.74, 6) is 0.0622. The van der Waals surface area contributed by atoms with E-state index in [1.54, 1.807) is 12.1 Å². The highest BCUT2D eigenvalue weighted by atomic mass is 16.3. The van der Waals surface area contributed by atoms with Crippen molar-refractivity contribution < 1.29 is 14.7 Å². The number of fused-ring (bicyclic) bond motifs is 1. The first-order chi connectivity index (χ1) is 13.5. The Labute approximate surface area is 173 Å². The van der Waals surface area contributed by atoms with Crippen molar-refractivity contribution in [2.24, 2.45) is 22.7 Å². The molecule has 2 fully saturated rings. The summed E-state index contributed by atoms with van der Waals surface area (Å²) < 4.78 is 0. The standard InChI is InChI=1S/C23H35N3O3/c1-21(2)12-8-13-22(3)17(21)11-14-23(4,29)18(22)15-19(27)25-26-20(28)24-16-9-6-5-7-10-16/h5-7,9-10,17-18,29H,8,11-15H2,1-4H3,(H,25,27)(H2,24,26,28)/t17-,18+,22-,23+/m1/s1. The lowest BCUT2D eigenvalue weighted by atomic mass is 9.45. The molecular weight excluding hydrogens is 366 g/mol. The minimum atomic E-state index is -0.887. The molecule has 1 aromatic rings. The third-order valence-corrected chi connectivity index (χ3v) is 7.50. The maximum absolute atomic E-state index is 12.7. The zero-order valence-corrected chi connectivity index (χ0v) is 18.0. The molecule has 2 aliphatic carbocycles. The fraction of sp³-hybridized carbons (Fsp3) is 0.652. The van der Waals surface area contributed by atoms with Gasteiger partial charge in [0.15, 0.2) is 0 Å². The first-order valence-electron chi connectivity index (χ1n) is 10.7. The molecule has 29 heavy (non-hydrogen) atoms. The number of rotatable bonds is 3. The van der Waals surface area contributed by atoms with Crippen molar-refractivity contribution in [2.45, 2.75) is 71.8 Å². The monoisotopic (exact) mass is 401 g/mol. The number of carbonyl (C=O) groups excluding carboxylic acids is 2. The Morgan fingerprint density at radius 3 is 2.41 bits per heavy atom. The predicted molar refractivity (Wildman–Crippen MR) is 114 cm³/mol. The van der Waals surface area contributed by atoms with Crippen molar-refractivity contribution in [1.29, 1.82) is 0 Å². The van der Waals surface area contributed by atoms with Crippen molar-refractivity contribution in [2.75, 3.05) is 5.32 Å². The smallest absolute Gasteiger partial charge is 0.337 e. The zero-order valence-electron chi connectivity index (χ0n) is 18.0. The summed E-state index contributed by atoms with van der Waals surface area (Å²) in [7, 11) is 0. The molecule has 0 saturated heterocycles. The summed E-state index contributed by atoms with van der Waals surface area (Å²) >= 11 is 0. The Hall–Kier alpha value is -2.08. The van der Waals surface area contributed by atoms with Crippen molar-refractivity contribution in [3.63, 3.8) is 0 Å². The van der Waals surface area contributed by atoms with Crippen LogP contribution in [0.25, 0.3) is 0 Å². The molecule has 0 radical (unpaired) electrons. The van der Waals surface area contributed by atoms with Crippen LogP contribution in [0.3, 0.4) is 0 Å². The van der Waals surface area contributed by atoms with E-state index < -0.39 is 11.6 Å². The van der Waals surface area contributed by atoms with Gasteiger partial charge in [-0.25, -0.2) is 10.2 Å². The SMILES string of the molecule is CC1(C)CCC[C@]2(C)[C@@H]1CC[C@](C)(O)[C@H]2CC(=O)NNC(=O)Nc1ccccc1. The largest absolute Gasteiger partial charge is 0.390 e. The van der Waals surface area contributed by atoms with Gasteiger partial charge in [0.1, 0.15) is 0 Å². The summed E-state index contributed by atoms with van der Waals surface area (Å²) in [6, 6.07) is 8.55. The molecule has 6 heteroatoms. The number of carbonyl (C=O) groups is 2. The number of amides is 3. The lowest BCUT2D eigenvalue weighted by Crippen LogP contribution is -2.59. The molecule has 2 aliphatic rings. The first-order valence-corrected chi connectivity index (χ1v) is 10.7. The van der Waals surface area contributed by atoms with Crippen molar-refractivity contribution in [1.82, 2.24) is 10.9 Å². The van der Waals surface area contributed by atoms with Gasteiger partial charge >= 0.3 is 6.03 Å². The molecule has 2 saturated carbocycles. The van der Waals surface area contributed by atoms with E-state index in [4.69, 9.17) is 0 Å². The maximum atomic E-state index is 12.7. The summed E-state index contributed by atoms with van der Waals surface area (Å²) in [4.78, 5) is 24.7. The van der Waals surface area contributed by atoms with Crippen LogP contribution in [0.4, 0.5) is 10.5 Å². The minimum absolute atomic E-state index is 0.0901. The third kappa shape index (κ3) is 4.58. The van der Waals surface area contributed by atoms with Crippen LogP contribution in [0.15, 0.2) is 30.3 Å². The number of hydrogen-bond donors (Lipinski definition) is 4. The molecule has 4 atom stereocenters. The highest BCUT2D eigenvalue weighted by Gasteiger charge is 2.58. The molecular formula is C23H35N3O3. The second kappa shape index (κ2) is 7.98. The van der Waals surface area contributed by atoms with E-state index in [2.05, 4.69) is 36.9 Å². The quantitative estimate of drug-likeness (QED) is 0.572. The van der Waals surface area contributed by atoms with Gasteiger partial charge in [0.05, 0.1) is 5.60 Å². The van der Waals surface area contributed by atoms with E-state index in [-0.39, 0.29) is 29.1 Å². The molecule has 0 aliphatic heterocycles. The van der Waals surface area contributed by atoms with Crippen LogP contribution in [0.2, 0.25) is 0 Å². The molecule has 0 bridgehead atoms. The Bertz CT molecular complexity index is 747. The van der Waals surface area contributed by atoms with E-state index >= 15 is 0 Å². The molecule has 3 rings (SSSR count). The van der Waals surface area contributed by atoms with E-state index in [1.807, 2.05) is 25.1 Å². The molecule has 1 aromatic carbocycles. The molecule has 0 spiro atoms. The van der Waals surface area contributed by atoms with Gasteiger partial charge in [-0.05, 0) is 61.5 Å². The van der Waals surface area contributed by atoms with E-state index in [0.717, 1.165) is 19.3 Å². The Morgan fingerprint density at radius 1 is 1.03 bits per heavy atom. The average molecular weight is 402 g/mol. The van der Waals surface area contributed by atoms with Crippen LogP contribution in [0, 0.1) is 22.7 Å². The van der Waals surface area contributed by atoms with Crippen LogP contribution >= 0.6 is 0 Å². The number of nitrogens with one attached hydrogen (secondary N) is 3. The van der Waals surface area contributed by atoms with Gasteiger partial charge in [-0.1, -0.05) is 45.4 Å². The number of para-hydroxylation sites is 1. The number of urea groups is 1. The Morgan fingerprint density at radius 2 is 1.72 bits per heavy atom. The second-order valence-corrected chi connectivity index (χ2v) is 10.0. The van der Waals surface area contributed by atoms with E-state index in [1.165, 1.54) is 6.42 Å². The first kappa shape index (κ1) is 21.6. The van der Waals surface area contributed by atoms with Gasteiger partial charge in [-0.15, -0.1) is 0 Å². The van der Waals surface area contributed by atoms with Crippen LogP contribution in [-0.4, -0.2) is 22.6 Å². The average Bonchev–Trinajstić information content (AvgIpc) is 2.63. The van der Waals surface area contributed by atoms with Crippen LogP contribution in [0.5, 0.6) is 0 Å². The van der Waals surface area contributed by atoms with Gasteiger partial charge in [-0.3, -0.25) is 10.2 Å². The van der Waals surface area contributed by atoms with Gasteiger partial charge in [-0.2, -0.15) is 0 Å². The molecule has 6 nitrogen and oxygen atoms in total. The predicted octanol–water partition coefficient (Wildman–Crippen LogP) is 4.22. The van der Waals surface area contributed by atoms with Gasteiger partial charge < -0.3 is 10.4 Å². The Kier molecular flexibility index (Phi) is 5.95.